The molecule has 1 aromatic carbocycles. The van der Waals surface area contributed by atoms with Crippen LogP contribution in [0.2, 0.25) is 5.02 Å². The average Bonchev–Trinajstić information content (AvgIpc) is 2.54. The standard InChI is InChI=1S/C17H17ClN4OS/c1-11(2)22-16(23)14-6-5-13(18)8-15(14)21-17(22)24-10-12(9-20)4-3-7-19/h5-6,8,11-12H,3-4,10H2,1-2H3/t12-/m1/s1. The molecule has 0 amide bonds. The second-order valence-electron chi connectivity index (χ2n) is 5.66. The third-order valence-electron chi connectivity index (χ3n) is 3.55. The molecule has 0 unspecified atom stereocenters. The van der Waals surface area contributed by atoms with E-state index in [0.29, 0.717) is 39.7 Å². The minimum Gasteiger partial charge on any atom is -0.285 e. The number of nitrogens with zero attached hydrogens (tertiary/aromatic N) is 4. The number of thioether (sulfide) groups is 1. The van der Waals surface area contributed by atoms with Gasteiger partial charge in [-0.15, -0.1) is 0 Å². The highest BCUT2D eigenvalue weighted by atomic mass is 35.5. The first kappa shape index (κ1) is 18.3. The summed E-state index contributed by atoms with van der Waals surface area (Å²) < 4.78 is 1.64. The van der Waals surface area contributed by atoms with Crippen LogP contribution < -0.4 is 5.56 Å². The molecular weight excluding hydrogens is 344 g/mol. The molecule has 0 saturated carbocycles. The molecule has 0 bridgehead atoms. The van der Waals surface area contributed by atoms with Gasteiger partial charge in [0.2, 0.25) is 0 Å². The van der Waals surface area contributed by atoms with Gasteiger partial charge < -0.3 is 0 Å². The molecule has 0 saturated heterocycles. The van der Waals surface area contributed by atoms with E-state index >= 15 is 0 Å². The summed E-state index contributed by atoms with van der Waals surface area (Å²) >= 11 is 7.37. The highest BCUT2D eigenvalue weighted by Gasteiger charge is 2.16. The van der Waals surface area contributed by atoms with E-state index in [1.807, 2.05) is 13.8 Å². The van der Waals surface area contributed by atoms with Crippen molar-refractivity contribution in [3.8, 4) is 12.1 Å². The number of benzene rings is 1. The molecule has 0 spiro atoms. The van der Waals surface area contributed by atoms with Crippen molar-refractivity contribution in [2.75, 3.05) is 5.75 Å². The van der Waals surface area contributed by atoms with Gasteiger partial charge in [-0.25, -0.2) is 4.98 Å². The van der Waals surface area contributed by atoms with Crippen LogP contribution in [-0.2, 0) is 0 Å². The van der Waals surface area contributed by atoms with E-state index < -0.39 is 0 Å². The molecule has 0 aliphatic carbocycles. The lowest BCUT2D eigenvalue weighted by Crippen LogP contribution is -2.25. The van der Waals surface area contributed by atoms with Gasteiger partial charge in [-0.2, -0.15) is 10.5 Å². The van der Waals surface area contributed by atoms with Crippen molar-refractivity contribution < 1.29 is 0 Å². The molecule has 0 aliphatic rings. The summed E-state index contributed by atoms with van der Waals surface area (Å²) in [5, 5.41) is 19.5. The Morgan fingerprint density at radius 2 is 2.12 bits per heavy atom. The number of hydrogen-bond donors (Lipinski definition) is 0. The summed E-state index contributed by atoms with van der Waals surface area (Å²) in [6, 6.07) is 9.25. The maximum atomic E-state index is 12.7. The average molecular weight is 361 g/mol. The molecular formula is C17H17ClN4OS. The monoisotopic (exact) mass is 360 g/mol. The van der Waals surface area contributed by atoms with Crippen LogP contribution in [0.5, 0.6) is 0 Å². The summed E-state index contributed by atoms with van der Waals surface area (Å²) in [6.07, 6.45) is 0.863. The summed E-state index contributed by atoms with van der Waals surface area (Å²) in [5.74, 6) is 0.242. The highest BCUT2D eigenvalue weighted by Crippen LogP contribution is 2.25. The zero-order valence-corrected chi connectivity index (χ0v) is 15.1. The SMILES string of the molecule is CC(C)n1c(SC[C@@H](C#N)CCC#N)nc2cc(Cl)ccc2c1=O. The number of nitriles is 2. The zero-order chi connectivity index (χ0) is 17.7. The van der Waals surface area contributed by atoms with E-state index in [0.717, 1.165) is 0 Å². The van der Waals surface area contributed by atoms with Gasteiger partial charge in [0.05, 0.1) is 29.0 Å². The first-order valence-electron chi connectivity index (χ1n) is 7.59. The van der Waals surface area contributed by atoms with Gasteiger partial charge in [-0.3, -0.25) is 9.36 Å². The summed E-state index contributed by atoms with van der Waals surface area (Å²) in [4.78, 5) is 17.3. The lowest BCUT2D eigenvalue weighted by molar-refractivity contribution is 0.518. The minimum absolute atomic E-state index is 0.0489. The van der Waals surface area contributed by atoms with Crippen molar-refractivity contribution in [2.24, 2.45) is 5.92 Å². The summed E-state index contributed by atoms with van der Waals surface area (Å²) in [6.45, 7) is 3.85. The fourth-order valence-electron chi connectivity index (χ4n) is 2.31. The van der Waals surface area contributed by atoms with E-state index in [1.165, 1.54) is 11.8 Å². The fraction of sp³-hybridized carbons (Fsp3) is 0.412. The van der Waals surface area contributed by atoms with Crippen LogP contribution in [-0.4, -0.2) is 15.3 Å². The molecule has 0 aliphatic heterocycles. The van der Waals surface area contributed by atoms with Crippen LogP contribution in [0.15, 0.2) is 28.2 Å². The first-order valence-corrected chi connectivity index (χ1v) is 8.95. The van der Waals surface area contributed by atoms with E-state index in [9.17, 15) is 10.1 Å². The van der Waals surface area contributed by atoms with Crippen molar-refractivity contribution in [3.05, 3.63) is 33.6 Å². The van der Waals surface area contributed by atoms with Crippen molar-refractivity contribution in [2.45, 2.75) is 37.9 Å². The van der Waals surface area contributed by atoms with Gasteiger partial charge in [-0.1, -0.05) is 23.4 Å². The smallest absolute Gasteiger partial charge is 0.262 e. The van der Waals surface area contributed by atoms with Crippen LogP contribution in [0.4, 0.5) is 0 Å². The number of aromatic nitrogens is 2. The minimum atomic E-state index is -0.248. The van der Waals surface area contributed by atoms with Gasteiger partial charge in [0.25, 0.3) is 5.56 Å². The Morgan fingerprint density at radius 3 is 2.75 bits per heavy atom. The van der Waals surface area contributed by atoms with Crippen molar-refractivity contribution in [1.82, 2.24) is 9.55 Å². The topological polar surface area (TPSA) is 82.5 Å². The predicted molar refractivity (Wildman–Crippen MR) is 96.1 cm³/mol. The van der Waals surface area contributed by atoms with Gasteiger partial charge in [0.15, 0.2) is 5.16 Å². The lowest BCUT2D eigenvalue weighted by atomic mass is 10.1. The van der Waals surface area contributed by atoms with Crippen molar-refractivity contribution in [3.63, 3.8) is 0 Å². The molecule has 1 aromatic heterocycles. The molecule has 1 heterocycles. The lowest BCUT2D eigenvalue weighted by Gasteiger charge is -2.17. The Labute approximate surface area is 149 Å². The van der Waals surface area contributed by atoms with Crippen LogP contribution in [0.1, 0.15) is 32.7 Å². The molecule has 7 heteroatoms. The van der Waals surface area contributed by atoms with Crippen LogP contribution >= 0.6 is 23.4 Å². The fourth-order valence-corrected chi connectivity index (χ4v) is 3.66. The third-order valence-corrected chi connectivity index (χ3v) is 4.90. The Hall–Kier alpha value is -2.02. The van der Waals surface area contributed by atoms with Crippen LogP contribution in [0.3, 0.4) is 0 Å². The van der Waals surface area contributed by atoms with Gasteiger partial charge in [-0.05, 0) is 38.5 Å². The molecule has 5 nitrogen and oxygen atoms in total. The van der Waals surface area contributed by atoms with E-state index in [-0.39, 0.29) is 17.5 Å². The maximum Gasteiger partial charge on any atom is 0.262 e. The second-order valence-corrected chi connectivity index (χ2v) is 7.08. The second kappa shape index (κ2) is 8.19. The number of halogens is 1. The summed E-state index contributed by atoms with van der Waals surface area (Å²) in [5.41, 5.74) is 0.442. The van der Waals surface area contributed by atoms with Gasteiger partial charge >= 0.3 is 0 Å². The zero-order valence-electron chi connectivity index (χ0n) is 13.5. The Morgan fingerprint density at radius 1 is 1.38 bits per heavy atom. The molecule has 0 radical (unpaired) electrons. The predicted octanol–water partition coefficient (Wildman–Crippen LogP) is 4.17. The molecule has 24 heavy (non-hydrogen) atoms. The largest absolute Gasteiger partial charge is 0.285 e. The van der Waals surface area contributed by atoms with E-state index in [1.54, 1.807) is 22.8 Å². The van der Waals surface area contributed by atoms with Crippen LogP contribution in [0, 0.1) is 28.6 Å². The summed E-state index contributed by atoms with van der Waals surface area (Å²) in [7, 11) is 0. The van der Waals surface area contributed by atoms with Crippen molar-refractivity contribution >= 4 is 34.3 Å². The first-order chi connectivity index (χ1) is 11.5. The number of fused-ring (bicyclic) bond motifs is 1. The van der Waals surface area contributed by atoms with E-state index in [2.05, 4.69) is 17.1 Å². The molecule has 1 atom stereocenters. The van der Waals surface area contributed by atoms with Gasteiger partial charge in [0, 0.05) is 23.2 Å². The third kappa shape index (κ3) is 4.08. The molecule has 2 rings (SSSR count). The molecule has 124 valence electrons. The molecule has 0 fully saturated rings. The molecule has 2 aromatic rings. The maximum absolute atomic E-state index is 12.7. The quantitative estimate of drug-likeness (QED) is 0.570. The van der Waals surface area contributed by atoms with E-state index in [4.69, 9.17) is 16.9 Å². The van der Waals surface area contributed by atoms with Crippen molar-refractivity contribution in [1.29, 1.82) is 10.5 Å². The Kier molecular flexibility index (Phi) is 6.25. The Balaban J connectivity index is 2.41. The highest BCUT2D eigenvalue weighted by molar-refractivity contribution is 7.99. The number of rotatable bonds is 6. The van der Waals surface area contributed by atoms with Gasteiger partial charge in [0.1, 0.15) is 0 Å². The number of hydrogen-bond acceptors (Lipinski definition) is 5. The molecule has 0 N–H and O–H groups in total. The Bertz CT molecular complexity index is 879. The van der Waals surface area contributed by atoms with Crippen LogP contribution in [0.25, 0.3) is 10.9 Å². The normalized spacial score (nSPS) is 12.1.